The van der Waals surface area contributed by atoms with Crippen molar-refractivity contribution in [3.63, 3.8) is 0 Å². The molecule has 1 heterocycles. The summed E-state index contributed by atoms with van der Waals surface area (Å²) in [4.78, 5) is 38.6. The van der Waals surface area contributed by atoms with Crippen LogP contribution in [-0.4, -0.2) is 30.7 Å². The lowest BCUT2D eigenvalue weighted by atomic mass is 9.86. The molecular formula is C24H28N2O3. The molecule has 0 aromatic heterocycles. The molecule has 0 saturated heterocycles. The van der Waals surface area contributed by atoms with Crippen LogP contribution in [0.4, 0.5) is 5.69 Å². The minimum absolute atomic E-state index is 0.0316. The molecule has 0 atom stereocenters. The normalized spacial score (nSPS) is 13.1. The molecular weight excluding hydrogens is 364 g/mol. The Morgan fingerprint density at radius 2 is 1.66 bits per heavy atom. The minimum Gasteiger partial charge on any atom is -0.347 e. The molecule has 0 unspecified atom stereocenters. The van der Waals surface area contributed by atoms with E-state index in [2.05, 4.69) is 26.1 Å². The maximum absolute atomic E-state index is 12.4. The summed E-state index contributed by atoms with van der Waals surface area (Å²) in [5.74, 6) is -0.488. The summed E-state index contributed by atoms with van der Waals surface area (Å²) in [5.41, 5.74) is 3.87. The lowest BCUT2D eigenvalue weighted by molar-refractivity contribution is -0.124. The molecule has 2 aromatic rings. The van der Waals surface area contributed by atoms with E-state index in [1.165, 1.54) is 0 Å². The van der Waals surface area contributed by atoms with Crippen molar-refractivity contribution >= 4 is 23.3 Å². The Morgan fingerprint density at radius 1 is 0.966 bits per heavy atom. The molecule has 3 rings (SSSR count). The summed E-state index contributed by atoms with van der Waals surface area (Å²) in [7, 11) is 0. The molecule has 1 aliphatic heterocycles. The van der Waals surface area contributed by atoms with Crippen LogP contribution in [0.25, 0.3) is 0 Å². The molecule has 0 spiro atoms. The van der Waals surface area contributed by atoms with Crippen LogP contribution in [0.2, 0.25) is 0 Å². The third-order valence-corrected chi connectivity index (χ3v) is 5.28. The predicted octanol–water partition coefficient (Wildman–Crippen LogP) is 3.65. The Bertz CT molecular complexity index is 910. The van der Waals surface area contributed by atoms with E-state index in [4.69, 9.17) is 0 Å². The molecule has 1 aliphatic rings. The van der Waals surface area contributed by atoms with Crippen LogP contribution in [0.15, 0.2) is 48.5 Å². The molecule has 1 N–H and O–H groups in total. The molecule has 0 bridgehead atoms. The third kappa shape index (κ3) is 5.11. The molecule has 152 valence electrons. The fourth-order valence-electron chi connectivity index (χ4n) is 3.48. The second-order valence-electron chi connectivity index (χ2n) is 8.45. The first-order valence-electron chi connectivity index (χ1n) is 10.0. The van der Waals surface area contributed by atoms with Crippen molar-refractivity contribution < 1.29 is 14.4 Å². The highest BCUT2D eigenvalue weighted by Gasteiger charge is 2.24. The standard InChI is InChI=1S/C24H28N2O3/c1-24(2,3)19-10-8-18(9-11-19)21(27)12-13-22(28)25-16-23(29)26-15-14-17-6-4-5-7-20(17)26/h4-11H,12-16H2,1-3H3,(H,25,28). The van der Waals surface area contributed by atoms with E-state index in [0.717, 1.165) is 23.2 Å². The number of Topliss-reactive ketones (excluding diaryl/α,β-unsaturated/α-hetero) is 1. The number of hydrogen-bond donors (Lipinski definition) is 1. The minimum atomic E-state index is -0.287. The number of nitrogens with zero attached hydrogens (tertiary/aromatic N) is 1. The smallest absolute Gasteiger partial charge is 0.246 e. The topological polar surface area (TPSA) is 66.5 Å². The number of nitrogens with one attached hydrogen (secondary N) is 1. The Labute approximate surface area is 172 Å². The van der Waals surface area contributed by atoms with E-state index >= 15 is 0 Å². The third-order valence-electron chi connectivity index (χ3n) is 5.28. The van der Waals surface area contributed by atoms with Gasteiger partial charge in [-0.15, -0.1) is 0 Å². The van der Waals surface area contributed by atoms with Crippen LogP contribution in [0.1, 0.15) is 55.1 Å². The van der Waals surface area contributed by atoms with Crippen molar-refractivity contribution in [3.8, 4) is 0 Å². The van der Waals surface area contributed by atoms with E-state index < -0.39 is 0 Å². The van der Waals surface area contributed by atoms with Crippen LogP contribution in [0, 0.1) is 0 Å². The van der Waals surface area contributed by atoms with Gasteiger partial charge in [0.25, 0.3) is 0 Å². The van der Waals surface area contributed by atoms with Gasteiger partial charge in [0.1, 0.15) is 0 Å². The van der Waals surface area contributed by atoms with Crippen LogP contribution < -0.4 is 10.2 Å². The van der Waals surface area contributed by atoms with E-state index in [1.807, 2.05) is 48.5 Å². The summed E-state index contributed by atoms with van der Waals surface area (Å²) >= 11 is 0. The molecule has 29 heavy (non-hydrogen) atoms. The van der Waals surface area contributed by atoms with Gasteiger partial charge in [-0.25, -0.2) is 0 Å². The molecule has 5 nitrogen and oxygen atoms in total. The van der Waals surface area contributed by atoms with E-state index in [-0.39, 0.29) is 42.4 Å². The zero-order chi connectivity index (χ0) is 21.0. The van der Waals surface area contributed by atoms with Crippen LogP contribution in [-0.2, 0) is 21.4 Å². The van der Waals surface area contributed by atoms with E-state index in [1.54, 1.807) is 4.90 Å². The monoisotopic (exact) mass is 392 g/mol. The van der Waals surface area contributed by atoms with Gasteiger partial charge in [-0.1, -0.05) is 63.2 Å². The van der Waals surface area contributed by atoms with Crippen molar-refractivity contribution in [2.75, 3.05) is 18.0 Å². The van der Waals surface area contributed by atoms with Gasteiger partial charge in [-0.2, -0.15) is 0 Å². The zero-order valence-electron chi connectivity index (χ0n) is 17.3. The summed E-state index contributed by atoms with van der Waals surface area (Å²) in [6.45, 7) is 6.95. The summed E-state index contributed by atoms with van der Waals surface area (Å²) in [5, 5.41) is 2.64. The summed E-state index contributed by atoms with van der Waals surface area (Å²) < 4.78 is 0. The van der Waals surface area contributed by atoms with Gasteiger partial charge in [0, 0.05) is 30.6 Å². The highest BCUT2D eigenvalue weighted by atomic mass is 16.2. The first kappa shape index (κ1) is 20.8. The number of para-hydroxylation sites is 1. The van der Waals surface area contributed by atoms with Gasteiger partial charge >= 0.3 is 0 Å². The molecule has 0 fully saturated rings. The number of anilines is 1. The Balaban J connectivity index is 1.45. The average Bonchev–Trinajstić information content (AvgIpc) is 3.14. The second-order valence-corrected chi connectivity index (χ2v) is 8.45. The van der Waals surface area contributed by atoms with Crippen molar-refractivity contribution in [1.82, 2.24) is 5.32 Å². The van der Waals surface area contributed by atoms with Crippen molar-refractivity contribution in [2.24, 2.45) is 0 Å². The molecule has 5 heteroatoms. The van der Waals surface area contributed by atoms with Gasteiger partial charge in [0.15, 0.2) is 5.78 Å². The number of ketones is 1. The highest BCUT2D eigenvalue weighted by molar-refractivity contribution is 6.00. The van der Waals surface area contributed by atoms with Crippen LogP contribution in [0.5, 0.6) is 0 Å². The number of fused-ring (bicyclic) bond motifs is 1. The van der Waals surface area contributed by atoms with Gasteiger partial charge in [0.2, 0.25) is 11.8 Å². The Kier molecular flexibility index (Phi) is 6.16. The first-order valence-corrected chi connectivity index (χ1v) is 10.0. The zero-order valence-corrected chi connectivity index (χ0v) is 17.3. The van der Waals surface area contributed by atoms with Crippen molar-refractivity contribution in [1.29, 1.82) is 0 Å². The Hall–Kier alpha value is -2.95. The lowest BCUT2D eigenvalue weighted by Gasteiger charge is -2.19. The predicted molar refractivity (Wildman–Crippen MR) is 114 cm³/mol. The van der Waals surface area contributed by atoms with Gasteiger partial charge in [-0.05, 0) is 29.0 Å². The fraction of sp³-hybridized carbons (Fsp3) is 0.375. The van der Waals surface area contributed by atoms with Crippen molar-refractivity contribution in [3.05, 3.63) is 65.2 Å². The van der Waals surface area contributed by atoms with Crippen LogP contribution >= 0.6 is 0 Å². The van der Waals surface area contributed by atoms with Gasteiger partial charge < -0.3 is 10.2 Å². The largest absolute Gasteiger partial charge is 0.347 e. The maximum Gasteiger partial charge on any atom is 0.246 e. The fourth-order valence-corrected chi connectivity index (χ4v) is 3.48. The average molecular weight is 392 g/mol. The Morgan fingerprint density at radius 3 is 2.34 bits per heavy atom. The number of benzene rings is 2. The quantitative estimate of drug-likeness (QED) is 0.763. The first-order chi connectivity index (χ1) is 13.8. The molecule has 0 aliphatic carbocycles. The number of carbonyl (C=O) groups excluding carboxylic acids is 3. The molecule has 0 radical (unpaired) electrons. The van der Waals surface area contributed by atoms with Crippen molar-refractivity contribution in [2.45, 2.75) is 45.4 Å². The number of rotatable bonds is 6. The lowest BCUT2D eigenvalue weighted by Crippen LogP contribution is -2.39. The maximum atomic E-state index is 12.4. The van der Waals surface area contributed by atoms with Crippen LogP contribution in [0.3, 0.4) is 0 Å². The number of amides is 2. The summed E-state index contributed by atoms with van der Waals surface area (Å²) in [6.07, 6.45) is 1.03. The molecule has 0 saturated carbocycles. The SMILES string of the molecule is CC(C)(C)c1ccc(C(=O)CCC(=O)NCC(=O)N2CCc3ccccc32)cc1. The van der Waals surface area contributed by atoms with E-state index in [0.29, 0.717) is 12.1 Å². The molecule has 2 aromatic carbocycles. The highest BCUT2D eigenvalue weighted by Crippen LogP contribution is 2.27. The second kappa shape index (κ2) is 8.60. The van der Waals surface area contributed by atoms with Gasteiger partial charge in [0.05, 0.1) is 6.54 Å². The summed E-state index contributed by atoms with van der Waals surface area (Å²) in [6, 6.07) is 15.3. The van der Waals surface area contributed by atoms with Gasteiger partial charge in [-0.3, -0.25) is 14.4 Å². The number of hydrogen-bond acceptors (Lipinski definition) is 3. The number of carbonyl (C=O) groups is 3. The van der Waals surface area contributed by atoms with E-state index in [9.17, 15) is 14.4 Å². The molecule has 2 amide bonds.